The van der Waals surface area contributed by atoms with E-state index >= 15 is 0 Å². The molecular weight excluding hydrogens is 266 g/mol. The SMILES string of the molecule is COc1ccc(OC)c(C(O)CNC(C(C)C)C2CC2)c1. The summed E-state index contributed by atoms with van der Waals surface area (Å²) in [5, 5.41) is 14.0. The largest absolute Gasteiger partial charge is 0.497 e. The van der Waals surface area contributed by atoms with Gasteiger partial charge in [-0.15, -0.1) is 0 Å². The third-order valence-electron chi connectivity index (χ3n) is 4.19. The first-order valence-electron chi connectivity index (χ1n) is 7.70. The molecule has 0 spiro atoms. The average molecular weight is 293 g/mol. The zero-order valence-electron chi connectivity index (χ0n) is 13.4. The fourth-order valence-electron chi connectivity index (χ4n) is 2.86. The summed E-state index contributed by atoms with van der Waals surface area (Å²) in [5.41, 5.74) is 0.766. The van der Waals surface area contributed by atoms with E-state index in [0.29, 0.717) is 24.3 Å². The Morgan fingerprint density at radius 3 is 2.48 bits per heavy atom. The Hall–Kier alpha value is -1.26. The number of aliphatic hydroxyl groups excluding tert-OH is 1. The Kier molecular flexibility index (Phi) is 5.48. The van der Waals surface area contributed by atoms with Crippen LogP contribution in [0, 0.1) is 11.8 Å². The van der Waals surface area contributed by atoms with Crippen molar-refractivity contribution in [3.05, 3.63) is 23.8 Å². The van der Waals surface area contributed by atoms with Gasteiger partial charge in [0.15, 0.2) is 0 Å². The first kappa shape index (κ1) is 16.1. The third-order valence-corrected chi connectivity index (χ3v) is 4.19. The highest BCUT2D eigenvalue weighted by molar-refractivity contribution is 5.41. The molecule has 21 heavy (non-hydrogen) atoms. The van der Waals surface area contributed by atoms with Crippen LogP contribution in [-0.4, -0.2) is 31.9 Å². The molecule has 0 amide bonds. The molecule has 1 aliphatic carbocycles. The van der Waals surface area contributed by atoms with E-state index in [1.807, 2.05) is 18.2 Å². The smallest absolute Gasteiger partial charge is 0.124 e. The minimum Gasteiger partial charge on any atom is -0.497 e. The van der Waals surface area contributed by atoms with Crippen LogP contribution in [0.3, 0.4) is 0 Å². The number of nitrogens with one attached hydrogen (secondary N) is 1. The van der Waals surface area contributed by atoms with Crippen molar-refractivity contribution in [3.63, 3.8) is 0 Å². The van der Waals surface area contributed by atoms with E-state index in [0.717, 1.165) is 17.2 Å². The summed E-state index contributed by atoms with van der Waals surface area (Å²) in [6.07, 6.45) is 2.00. The van der Waals surface area contributed by atoms with Gasteiger partial charge in [-0.05, 0) is 42.9 Å². The van der Waals surface area contributed by atoms with Gasteiger partial charge >= 0.3 is 0 Å². The predicted octanol–water partition coefficient (Wildman–Crippen LogP) is 2.76. The summed E-state index contributed by atoms with van der Waals surface area (Å²) < 4.78 is 10.6. The summed E-state index contributed by atoms with van der Waals surface area (Å²) in [5.74, 6) is 2.77. The number of methoxy groups -OCH3 is 2. The molecule has 118 valence electrons. The van der Waals surface area contributed by atoms with Crippen molar-refractivity contribution in [2.45, 2.75) is 38.8 Å². The van der Waals surface area contributed by atoms with Gasteiger partial charge in [-0.25, -0.2) is 0 Å². The molecule has 0 saturated heterocycles. The quantitative estimate of drug-likeness (QED) is 0.774. The van der Waals surface area contributed by atoms with Gasteiger partial charge in [0.2, 0.25) is 0 Å². The highest BCUT2D eigenvalue weighted by atomic mass is 16.5. The van der Waals surface area contributed by atoms with Crippen LogP contribution in [0.2, 0.25) is 0 Å². The molecular formula is C17H27NO3. The zero-order valence-corrected chi connectivity index (χ0v) is 13.4. The van der Waals surface area contributed by atoms with Crippen LogP contribution in [0.1, 0.15) is 38.4 Å². The molecule has 2 unspecified atom stereocenters. The third kappa shape index (κ3) is 4.11. The highest BCUT2D eigenvalue weighted by Gasteiger charge is 2.33. The molecule has 4 heteroatoms. The van der Waals surface area contributed by atoms with Crippen LogP contribution in [0.5, 0.6) is 11.5 Å². The van der Waals surface area contributed by atoms with Crippen LogP contribution in [0.25, 0.3) is 0 Å². The molecule has 2 atom stereocenters. The minimum atomic E-state index is -0.602. The minimum absolute atomic E-state index is 0.483. The maximum Gasteiger partial charge on any atom is 0.124 e. The Labute approximate surface area is 127 Å². The number of benzene rings is 1. The van der Waals surface area contributed by atoms with Crippen molar-refractivity contribution in [1.82, 2.24) is 5.32 Å². The van der Waals surface area contributed by atoms with Crippen molar-refractivity contribution in [2.75, 3.05) is 20.8 Å². The Bertz CT molecular complexity index is 455. The fraction of sp³-hybridized carbons (Fsp3) is 0.647. The van der Waals surface area contributed by atoms with E-state index in [2.05, 4.69) is 19.2 Å². The van der Waals surface area contributed by atoms with Gasteiger partial charge in [0.1, 0.15) is 11.5 Å². The van der Waals surface area contributed by atoms with Gasteiger partial charge in [-0.3, -0.25) is 0 Å². The number of aliphatic hydroxyl groups is 1. The van der Waals surface area contributed by atoms with Crippen molar-refractivity contribution < 1.29 is 14.6 Å². The summed E-state index contributed by atoms with van der Waals surface area (Å²) >= 11 is 0. The van der Waals surface area contributed by atoms with Crippen LogP contribution in [0.15, 0.2) is 18.2 Å². The number of ether oxygens (including phenoxy) is 2. The Morgan fingerprint density at radius 1 is 1.24 bits per heavy atom. The van der Waals surface area contributed by atoms with Crippen LogP contribution in [0.4, 0.5) is 0 Å². The summed E-state index contributed by atoms with van der Waals surface area (Å²) in [6, 6.07) is 5.99. The molecule has 0 aliphatic heterocycles. The average Bonchev–Trinajstić information content (AvgIpc) is 3.30. The lowest BCUT2D eigenvalue weighted by Gasteiger charge is -2.24. The van der Waals surface area contributed by atoms with E-state index in [4.69, 9.17) is 9.47 Å². The predicted molar refractivity (Wildman–Crippen MR) is 83.9 cm³/mol. The molecule has 1 saturated carbocycles. The lowest BCUT2D eigenvalue weighted by Crippen LogP contribution is -2.38. The Morgan fingerprint density at radius 2 is 1.95 bits per heavy atom. The fourth-order valence-corrected chi connectivity index (χ4v) is 2.86. The first-order valence-corrected chi connectivity index (χ1v) is 7.70. The molecule has 2 N–H and O–H groups in total. The molecule has 1 fully saturated rings. The van der Waals surface area contributed by atoms with E-state index in [1.54, 1.807) is 14.2 Å². The summed E-state index contributed by atoms with van der Waals surface area (Å²) in [7, 11) is 3.24. The molecule has 0 radical (unpaired) electrons. The lowest BCUT2D eigenvalue weighted by molar-refractivity contribution is 0.158. The van der Waals surface area contributed by atoms with E-state index in [1.165, 1.54) is 12.8 Å². The zero-order chi connectivity index (χ0) is 15.4. The maximum absolute atomic E-state index is 10.5. The number of hydrogen-bond acceptors (Lipinski definition) is 4. The molecule has 2 rings (SSSR count). The van der Waals surface area contributed by atoms with Crippen molar-refractivity contribution in [2.24, 2.45) is 11.8 Å². The molecule has 0 heterocycles. The van der Waals surface area contributed by atoms with Gasteiger partial charge < -0.3 is 19.9 Å². The molecule has 0 bridgehead atoms. The summed E-state index contributed by atoms with van der Waals surface area (Å²) in [6.45, 7) is 4.99. The molecule has 4 nitrogen and oxygen atoms in total. The number of rotatable bonds is 8. The van der Waals surface area contributed by atoms with Gasteiger partial charge in [0.05, 0.1) is 20.3 Å². The number of hydrogen-bond donors (Lipinski definition) is 2. The first-order chi connectivity index (χ1) is 10.1. The van der Waals surface area contributed by atoms with Crippen LogP contribution < -0.4 is 14.8 Å². The second-order valence-corrected chi connectivity index (χ2v) is 6.14. The maximum atomic E-state index is 10.5. The second kappa shape index (κ2) is 7.14. The van der Waals surface area contributed by atoms with E-state index < -0.39 is 6.10 Å². The van der Waals surface area contributed by atoms with E-state index in [-0.39, 0.29) is 0 Å². The molecule has 1 aromatic rings. The second-order valence-electron chi connectivity index (χ2n) is 6.14. The van der Waals surface area contributed by atoms with Gasteiger partial charge in [-0.1, -0.05) is 13.8 Å². The van der Waals surface area contributed by atoms with Crippen molar-refractivity contribution >= 4 is 0 Å². The lowest BCUT2D eigenvalue weighted by atomic mass is 9.98. The molecule has 0 aromatic heterocycles. The van der Waals surface area contributed by atoms with E-state index in [9.17, 15) is 5.11 Å². The van der Waals surface area contributed by atoms with Crippen LogP contribution >= 0.6 is 0 Å². The van der Waals surface area contributed by atoms with Gasteiger partial charge in [0.25, 0.3) is 0 Å². The van der Waals surface area contributed by atoms with Crippen molar-refractivity contribution in [1.29, 1.82) is 0 Å². The normalized spacial score (nSPS) is 17.6. The van der Waals surface area contributed by atoms with Gasteiger partial charge in [0, 0.05) is 18.2 Å². The monoisotopic (exact) mass is 293 g/mol. The Balaban J connectivity index is 2.03. The van der Waals surface area contributed by atoms with Gasteiger partial charge in [-0.2, -0.15) is 0 Å². The molecule has 1 aliphatic rings. The topological polar surface area (TPSA) is 50.7 Å². The highest BCUT2D eigenvalue weighted by Crippen LogP contribution is 2.36. The van der Waals surface area contributed by atoms with Crippen LogP contribution in [-0.2, 0) is 0 Å². The standard InChI is InChI=1S/C17H27NO3/c1-11(2)17(12-5-6-12)18-10-15(19)14-9-13(20-3)7-8-16(14)21-4/h7-9,11-12,15,17-19H,5-6,10H2,1-4H3. The van der Waals surface area contributed by atoms with Crippen molar-refractivity contribution in [3.8, 4) is 11.5 Å². The summed E-state index contributed by atoms with van der Waals surface area (Å²) in [4.78, 5) is 0. The molecule has 1 aromatic carbocycles.